The van der Waals surface area contributed by atoms with Crippen LogP contribution in [-0.4, -0.2) is 21.1 Å². The van der Waals surface area contributed by atoms with Crippen LogP contribution in [0, 0.1) is 0 Å². The summed E-state index contributed by atoms with van der Waals surface area (Å²) in [7, 11) is 0. The summed E-state index contributed by atoms with van der Waals surface area (Å²) >= 11 is 5.16. The van der Waals surface area contributed by atoms with Crippen LogP contribution in [0.15, 0.2) is 54.7 Å². The number of nitrogens with one attached hydrogen (secondary N) is 1. The number of pyridine rings is 1. The van der Waals surface area contributed by atoms with Gasteiger partial charge in [-0.15, -0.1) is 0 Å². The van der Waals surface area contributed by atoms with E-state index < -0.39 is 5.60 Å². The van der Waals surface area contributed by atoms with Gasteiger partial charge in [0.25, 0.3) is 11.1 Å². The zero-order valence-electron chi connectivity index (χ0n) is 11.3. The van der Waals surface area contributed by atoms with Crippen molar-refractivity contribution in [1.82, 2.24) is 9.99 Å². The molecular formula is C15H13N3O2S. The summed E-state index contributed by atoms with van der Waals surface area (Å²) in [6, 6.07) is 14.6. The quantitative estimate of drug-likeness (QED) is 0.882. The molecule has 106 valence electrons. The van der Waals surface area contributed by atoms with Gasteiger partial charge in [-0.25, -0.2) is 4.98 Å². The van der Waals surface area contributed by atoms with Gasteiger partial charge >= 0.3 is 0 Å². The Hall–Kier alpha value is -2.47. The molecule has 1 unspecified atom stereocenters. The van der Waals surface area contributed by atoms with Gasteiger partial charge in [0.05, 0.1) is 0 Å². The number of nitrogens with zero attached hydrogens (tertiary/aromatic N) is 2. The Morgan fingerprint density at radius 3 is 2.57 bits per heavy atom. The van der Waals surface area contributed by atoms with Gasteiger partial charge < -0.3 is 4.74 Å². The predicted molar refractivity (Wildman–Crippen MR) is 82.2 cm³/mol. The minimum atomic E-state index is -1.12. The predicted octanol–water partition coefficient (Wildman–Crippen LogP) is 2.47. The smallest absolute Gasteiger partial charge is 0.297 e. The number of ether oxygens (including phenoxy) is 1. The van der Waals surface area contributed by atoms with Crippen LogP contribution in [0.25, 0.3) is 0 Å². The number of carbonyl (C=O) groups is 1. The standard InChI is InChI=1S/C15H13N3O2S/c1-15(11-7-3-2-4-8-11)13(19)18(14(21)20-15)17-12-9-5-6-10-16-12/h2-10H,1H3,(H,16,17). The molecule has 0 aliphatic carbocycles. The molecule has 1 saturated heterocycles. The highest BCUT2D eigenvalue weighted by molar-refractivity contribution is 7.80. The van der Waals surface area contributed by atoms with E-state index in [0.717, 1.165) is 5.56 Å². The molecule has 2 aromatic rings. The number of benzene rings is 1. The van der Waals surface area contributed by atoms with Crippen molar-refractivity contribution in [3.05, 3.63) is 60.3 Å². The van der Waals surface area contributed by atoms with Crippen LogP contribution in [0.1, 0.15) is 12.5 Å². The van der Waals surface area contributed by atoms with E-state index >= 15 is 0 Å². The van der Waals surface area contributed by atoms with Gasteiger partial charge in [-0.1, -0.05) is 36.4 Å². The van der Waals surface area contributed by atoms with Crippen molar-refractivity contribution in [2.45, 2.75) is 12.5 Å². The molecule has 21 heavy (non-hydrogen) atoms. The minimum Gasteiger partial charge on any atom is -0.448 e. The molecule has 0 bridgehead atoms. The number of anilines is 1. The highest BCUT2D eigenvalue weighted by Crippen LogP contribution is 2.34. The van der Waals surface area contributed by atoms with Crippen molar-refractivity contribution >= 4 is 29.1 Å². The second-order valence-corrected chi connectivity index (χ2v) is 5.08. The van der Waals surface area contributed by atoms with Crippen molar-refractivity contribution in [1.29, 1.82) is 0 Å². The number of hydrazine groups is 1. The Labute approximate surface area is 127 Å². The molecule has 5 nitrogen and oxygen atoms in total. The van der Waals surface area contributed by atoms with Gasteiger partial charge in [-0.3, -0.25) is 10.2 Å². The summed E-state index contributed by atoms with van der Waals surface area (Å²) in [5, 5.41) is 1.29. The normalized spacial score (nSPS) is 21.3. The molecule has 1 amide bonds. The van der Waals surface area contributed by atoms with Crippen molar-refractivity contribution < 1.29 is 9.53 Å². The van der Waals surface area contributed by atoms with E-state index in [4.69, 9.17) is 17.0 Å². The van der Waals surface area contributed by atoms with Crippen LogP contribution in [-0.2, 0) is 15.1 Å². The molecule has 3 rings (SSSR count). The van der Waals surface area contributed by atoms with E-state index in [2.05, 4.69) is 10.4 Å². The Kier molecular flexibility index (Phi) is 3.31. The maximum atomic E-state index is 12.7. The molecule has 1 aliphatic heterocycles. The van der Waals surface area contributed by atoms with Gasteiger partial charge in [0.15, 0.2) is 0 Å². The average molecular weight is 299 g/mol. The molecule has 1 fully saturated rings. The molecular weight excluding hydrogens is 286 g/mol. The van der Waals surface area contributed by atoms with Gasteiger partial charge in [0.2, 0.25) is 5.60 Å². The van der Waals surface area contributed by atoms with Crippen molar-refractivity contribution in [3.63, 3.8) is 0 Å². The van der Waals surface area contributed by atoms with E-state index in [1.165, 1.54) is 5.01 Å². The lowest BCUT2D eigenvalue weighted by molar-refractivity contribution is -0.135. The average Bonchev–Trinajstić information content (AvgIpc) is 2.74. The summed E-state index contributed by atoms with van der Waals surface area (Å²) in [6.07, 6.45) is 1.63. The molecule has 1 aromatic carbocycles. The van der Waals surface area contributed by atoms with Crippen LogP contribution in [0.3, 0.4) is 0 Å². The molecule has 2 heterocycles. The Bertz CT molecular complexity index is 678. The number of amides is 1. The molecule has 0 radical (unpaired) electrons. The first kappa shape index (κ1) is 13.5. The summed E-state index contributed by atoms with van der Waals surface area (Å²) in [5.41, 5.74) is 2.50. The summed E-state index contributed by atoms with van der Waals surface area (Å²) in [6.45, 7) is 1.71. The lowest BCUT2D eigenvalue weighted by Gasteiger charge is -2.20. The fourth-order valence-electron chi connectivity index (χ4n) is 2.14. The van der Waals surface area contributed by atoms with Crippen molar-refractivity contribution in [3.8, 4) is 0 Å². The van der Waals surface area contributed by atoms with E-state index in [1.807, 2.05) is 36.4 Å². The first-order valence-electron chi connectivity index (χ1n) is 6.42. The number of rotatable bonds is 3. The number of carbonyl (C=O) groups excluding carboxylic acids is 1. The number of hydrogen-bond acceptors (Lipinski definition) is 5. The van der Waals surface area contributed by atoms with Crippen LogP contribution < -0.4 is 5.43 Å². The molecule has 1 N–H and O–H groups in total. The molecule has 0 saturated carbocycles. The van der Waals surface area contributed by atoms with Crippen LogP contribution in [0.5, 0.6) is 0 Å². The van der Waals surface area contributed by atoms with Crippen molar-refractivity contribution in [2.75, 3.05) is 5.43 Å². The topological polar surface area (TPSA) is 54.5 Å². The number of hydrogen-bond donors (Lipinski definition) is 1. The third-order valence-electron chi connectivity index (χ3n) is 3.30. The van der Waals surface area contributed by atoms with Crippen molar-refractivity contribution in [2.24, 2.45) is 0 Å². The second kappa shape index (κ2) is 5.14. The molecule has 1 aliphatic rings. The van der Waals surface area contributed by atoms with Gasteiger partial charge in [-0.2, -0.15) is 5.01 Å². The van der Waals surface area contributed by atoms with Crippen LogP contribution in [0.2, 0.25) is 0 Å². The van der Waals surface area contributed by atoms with E-state index in [1.54, 1.807) is 25.3 Å². The Morgan fingerprint density at radius 1 is 1.19 bits per heavy atom. The zero-order valence-corrected chi connectivity index (χ0v) is 12.1. The number of thiocarbonyl (C=S) groups is 1. The third-order valence-corrected chi connectivity index (χ3v) is 3.57. The first-order valence-corrected chi connectivity index (χ1v) is 6.83. The SMILES string of the molecule is CC1(c2ccccc2)OC(=S)N(Nc2ccccn2)C1=O. The first-order chi connectivity index (χ1) is 10.1. The van der Waals surface area contributed by atoms with E-state index in [0.29, 0.717) is 5.82 Å². The minimum absolute atomic E-state index is 0.0806. The summed E-state index contributed by atoms with van der Waals surface area (Å²) < 4.78 is 5.65. The lowest BCUT2D eigenvalue weighted by Crippen LogP contribution is -2.40. The number of aromatic nitrogens is 1. The third kappa shape index (κ3) is 2.34. The molecule has 0 spiro atoms. The Morgan fingerprint density at radius 2 is 1.90 bits per heavy atom. The van der Waals surface area contributed by atoms with E-state index in [9.17, 15) is 4.79 Å². The summed E-state index contributed by atoms with van der Waals surface area (Å²) in [5.74, 6) is 0.249. The maximum Gasteiger partial charge on any atom is 0.297 e. The van der Waals surface area contributed by atoms with Gasteiger partial charge in [0, 0.05) is 11.8 Å². The maximum absolute atomic E-state index is 12.7. The molecule has 1 atom stereocenters. The zero-order chi connectivity index (χ0) is 14.9. The van der Waals surface area contributed by atoms with Crippen LogP contribution >= 0.6 is 12.2 Å². The van der Waals surface area contributed by atoms with Crippen LogP contribution in [0.4, 0.5) is 5.82 Å². The Balaban J connectivity index is 1.89. The molecule has 1 aromatic heterocycles. The lowest BCUT2D eigenvalue weighted by atomic mass is 9.95. The molecule has 6 heteroatoms. The second-order valence-electron chi connectivity index (χ2n) is 4.73. The fraction of sp³-hybridized carbons (Fsp3) is 0.133. The van der Waals surface area contributed by atoms with E-state index in [-0.39, 0.29) is 11.1 Å². The largest absolute Gasteiger partial charge is 0.448 e. The van der Waals surface area contributed by atoms with Gasteiger partial charge in [0.1, 0.15) is 5.82 Å². The monoisotopic (exact) mass is 299 g/mol. The highest BCUT2D eigenvalue weighted by Gasteiger charge is 2.50. The highest BCUT2D eigenvalue weighted by atomic mass is 32.1. The van der Waals surface area contributed by atoms with Gasteiger partial charge in [-0.05, 0) is 31.3 Å². The summed E-state index contributed by atoms with van der Waals surface area (Å²) in [4.78, 5) is 16.8. The fourth-order valence-corrected chi connectivity index (χ4v) is 2.43.